The molecule has 3 heteroatoms. The van der Waals surface area contributed by atoms with E-state index in [0.29, 0.717) is 12.4 Å². The molecule has 2 fully saturated rings. The van der Waals surface area contributed by atoms with Crippen LogP contribution in [0.5, 0.6) is 0 Å². The molecular formula is C11H18O3. The Morgan fingerprint density at radius 2 is 1.86 bits per heavy atom. The second-order valence-electron chi connectivity index (χ2n) is 4.65. The van der Waals surface area contributed by atoms with E-state index in [4.69, 9.17) is 4.74 Å². The molecule has 0 aromatic heterocycles. The number of carbonyl (C=O) groups is 1. The van der Waals surface area contributed by atoms with Crippen molar-refractivity contribution in [2.45, 2.75) is 50.7 Å². The first kappa shape index (κ1) is 9.97. The molecule has 0 spiro atoms. The Bertz CT molecular complexity index is 205. The number of fused-ring (bicyclic) bond motifs is 1. The van der Waals surface area contributed by atoms with E-state index >= 15 is 0 Å². The summed E-state index contributed by atoms with van der Waals surface area (Å²) in [5.41, 5.74) is 0. The van der Waals surface area contributed by atoms with E-state index in [2.05, 4.69) is 0 Å². The summed E-state index contributed by atoms with van der Waals surface area (Å²) >= 11 is 0. The summed E-state index contributed by atoms with van der Waals surface area (Å²) < 4.78 is 5.00. The zero-order valence-electron chi connectivity index (χ0n) is 8.39. The summed E-state index contributed by atoms with van der Waals surface area (Å²) in [4.78, 5) is 10.2. The first-order valence-electron chi connectivity index (χ1n) is 5.56. The Kier molecular flexibility index (Phi) is 3.06. The maximum Gasteiger partial charge on any atom is 0.293 e. The van der Waals surface area contributed by atoms with Gasteiger partial charge in [0.05, 0.1) is 6.10 Å². The molecule has 0 aliphatic heterocycles. The summed E-state index contributed by atoms with van der Waals surface area (Å²) in [5.74, 6) is 1.35. The molecule has 0 amide bonds. The van der Waals surface area contributed by atoms with Crippen LogP contribution in [0.3, 0.4) is 0 Å². The summed E-state index contributed by atoms with van der Waals surface area (Å²) in [7, 11) is 0. The Balaban J connectivity index is 1.89. The van der Waals surface area contributed by atoms with Crippen molar-refractivity contribution in [1.29, 1.82) is 0 Å². The molecule has 2 rings (SSSR count). The molecule has 4 atom stereocenters. The van der Waals surface area contributed by atoms with Gasteiger partial charge in [0.25, 0.3) is 6.47 Å². The molecule has 0 aromatic rings. The summed E-state index contributed by atoms with van der Waals surface area (Å²) in [5, 5.41) is 9.55. The van der Waals surface area contributed by atoms with Gasteiger partial charge in [-0.1, -0.05) is 0 Å². The van der Waals surface area contributed by atoms with Gasteiger partial charge in [0, 0.05) is 0 Å². The zero-order valence-corrected chi connectivity index (χ0v) is 8.39. The molecule has 4 unspecified atom stereocenters. The highest BCUT2D eigenvalue weighted by Gasteiger charge is 2.35. The first-order valence-corrected chi connectivity index (χ1v) is 5.56. The van der Waals surface area contributed by atoms with Crippen LogP contribution in [0.15, 0.2) is 0 Å². The van der Waals surface area contributed by atoms with Crippen molar-refractivity contribution < 1.29 is 14.6 Å². The topological polar surface area (TPSA) is 46.5 Å². The lowest BCUT2D eigenvalue weighted by Crippen LogP contribution is -2.35. The van der Waals surface area contributed by atoms with Crippen LogP contribution in [0.25, 0.3) is 0 Å². The van der Waals surface area contributed by atoms with E-state index < -0.39 is 0 Å². The number of rotatable bonds is 2. The molecule has 2 saturated carbocycles. The Labute approximate surface area is 84.4 Å². The van der Waals surface area contributed by atoms with Gasteiger partial charge in [-0.15, -0.1) is 0 Å². The van der Waals surface area contributed by atoms with Crippen LogP contribution in [0.4, 0.5) is 0 Å². The van der Waals surface area contributed by atoms with Crippen molar-refractivity contribution in [1.82, 2.24) is 0 Å². The van der Waals surface area contributed by atoms with Gasteiger partial charge < -0.3 is 9.84 Å². The van der Waals surface area contributed by atoms with Crippen molar-refractivity contribution in [3.63, 3.8) is 0 Å². The lowest BCUT2D eigenvalue weighted by atomic mass is 9.69. The molecule has 0 aromatic carbocycles. The van der Waals surface area contributed by atoms with Gasteiger partial charge in [-0.25, -0.2) is 0 Å². The van der Waals surface area contributed by atoms with E-state index in [9.17, 15) is 9.90 Å². The van der Waals surface area contributed by atoms with Crippen LogP contribution in [-0.4, -0.2) is 23.8 Å². The number of aliphatic hydroxyl groups is 1. The summed E-state index contributed by atoms with van der Waals surface area (Å²) in [6.07, 6.45) is 6.14. The highest BCUT2D eigenvalue weighted by Crippen LogP contribution is 2.41. The maximum atomic E-state index is 10.2. The van der Waals surface area contributed by atoms with Crippen molar-refractivity contribution in [3.8, 4) is 0 Å². The molecule has 1 N–H and O–H groups in total. The molecule has 0 radical (unpaired) electrons. The molecule has 3 nitrogen and oxygen atoms in total. The fourth-order valence-electron chi connectivity index (χ4n) is 3.03. The average molecular weight is 198 g/mol. The second-order valence-corrected chi connectivity index (χ2v) is 4.65. The Hall–Kier alpha value is -0.570. The van der Waals surface area contributed by atoms with Crippen LogP contribution in [0.2, 0.25) is 0 Å². The van der Waals surface area contributed by atoms with Crippen LogP contribution in [0.1, 0.15) is 38.5 Å². The molecule has 0 bridgehead atoms. The second kappa shape index (κ2) is 4.30. The van der Waals surface area contributed by atoms with Gasteiger partial charge in [-0.3, -0.25) is 4.79 Å². The normalized spacial score (nSPS) is 42.6. The molecule has 2 aliphatic rings. The van der Waals surface area contributed by atoms with E-state index in [1.807, 2.05) is 0 Å². The predicted octanol–water partition coefficient (Wildman–Crippen LogP) is 1.49. The van der Waals surface area contributed by atoms with Gasteiger partial charge in [0.1, 0.15) is 6.10 Å². The van der Waals surface area contributed by atoms with Crippen molar-refractivity contribution in [2.75, 3.05) is 0 Å². The molecule has 80 valence electrons. The average Bonchev–Trinajstić information content (AvgIpc) is 2.17. The number of aliphatic hydroxyl groups excluding tert-OH is 1. The Morgan fingerprint density at radius 1 is 1.07 bits per heavy atom. The molecular weight excluding hydrogens is 180 g/mol. The fourth-order valence-corrected chi connectivity index (χ4v) is 3.03. The van der Waals surface area contributed by atoms with Gasteiger partial charge in [0.15, 0.2) is 0 Å². The van der Waals surface area contributed by atoms with Crippen molar-refractivity contribution >= 4 is 6.47 Å². The highest BCUT2D eigenvalue weighted by molar-refractivity contribution is 5.37. The first-order chi connectivity index (χ1) is 6.79. The maximum absolute atomic E-state index is 10.2. The third-order valence-electron chi connectivity index (χ3n) is 3.79. The summed E-state index contributed by atoms with van der Waals surface area (Å²) in [6.45, 7) is 0.560. The lowest BCUT2D eigenvalue weighted by molar-refractivity contribution is -0.137. The van der Waals surface area contributed by atoms with Gasteiger partial charge in [-0.2, -0.15) is 0 Å². The van der Waals surface area contributed by atoms with E-state index in [1.54, 1.807) is 0 Å². The van der Waals surface area contributed by atoms with Gasteiger partial charge >= 0.3 is 0 Å². The quantitative estimate of drug-likeness (QED) is 0.684. The fraction of sp³-hybridized carbons (Fsp3) is 0.909. The van der Waals surface area contributed by atoms with E-state index in [-0.39, 0.29) is 12.2 Å². The largest absolute Gasteiger partial charge is 0.465 e. The minimum atomic E-state index is -0.119. The lowest BCUT2D eigenvalue weighted by Gasteiger charge is -2.40. The van der Waals surface area contributed by atoms with Crippen LogP contribution in [-0.2, 0) is 9.53 Å². The third kappa shape index (κ3) is 2.08. The van der Waals surface area contributed by atoms with Gasteiger partial charge in [0.2, 0.25) is 0 Å². The van der Waals surface area contributed by atoms with Crippen LogP contribution >= 0.6 is 0 Å². The van der Waals surface area contributed by atoms with Crippen molar-refractivity contribution in [3.05, 3.63) is 0 Å². The highest BCUT2D eigenvalue weighted by atomic mass is 16.5. The van der Waals surface area contributed by atoms with E-state index in [0.717, 1.165) is 44.4 Å². The van der Waals surface area contributed by atoms with Crippen molar-refractivity contribution in [2.24, 2.45) is 11.8 Å². The zero-order chi connectivity index (χ0) is 9.97. The number of hydrogen-bond donors (Lipinski definition) is 1. The van der Waals surface area contributed by atoms with E-state index in [1.165, 1.54) is 0 Å². The molecule has 0 saturated heterocycles. The molecule has 0 heterocycles. The van der Waals surface area contributed by atoms with Crippen LogP contribution in [0, 0.1) is 11.8 Å². The van der Waals surface area contributed by atoms with Crippen LogP contribution < -0.4 is 0 Å². The summed E-state index contributed by atoms with van der Waals surface area (Å²) in [6, 6.07) is 0. The number of ether oxygens (including phenoxy) is 1. The monoisotopic (exact) mass is 198 g/mol. The molecule has 14 heavy (non-hydrogen) atoms. The predicted molar refractivity (Wildman–Crippen MR) is 51.6 cm³/mol. The minimum Gasteiger partial charge on any atom is -0.465 e. The Morgan fingerprint density at radius 3 is 2.64 bits per heavy atom. The smallest absolute Gasteiger partial charge is 0.293 e. The van der Waals surface area contributed by atoms with Gasteiger partial charge in [-0.05, 0) is 50.4 Å². The molecule has 2 aliphatic carbocycles. The minimum absolute atomic E-state index is 0.110. The SMILES string of the molecule is O=COC1CCC2CCC(O)CC2C1. The number of hydrogen-bond acceptors (Lipinski definition) is 3. The third-order valence-corrected chi connectivity index (χ3v) is 3.79. The standard InChI is InChI=1S/C11H18O3/c12-7-14-11-4-2-8-1-3-10(13)5-9(8)6-11/h7-11,13H,1-6H2. The number of carbonyl (C=O) groups excluding carboxylic acids is 1.